The fraction of sp³-hybridized carbons (Fsp3) is 0.333. The van der Waals surface area contributed by atoms with Crippen molar-refractivity contribution in [1.82, 2.24) is 20.0 Å². The van der Waals surface area contributed by atoms with E-state index in [0.717, 1.165) is 43.9 Å². The molecule has 1 aliphatic rings. The highest BCUT2D eigenvalue weighted by Gasteiger charge is 2.26. The van der Waals surface area contributed by atoms with Crippen LogP contribution in [0.15, 0.2) is 54.9 Å². The Morgan fingerprint density at radius 1 is 1.07 bits per heavy atom. The average molecular weight is 376 g/mol. The molecule has 3 heterocycles. The summed E-state index contributed by atoms with van der Waals surface area (Å²) in [5.74, 6) is 1.66. The summed E-state index contributed by atoms with van der Waals surface area (Å²) in [5, 5.41) is 15.8. The molecular formula is C21H24N6O. The van der Waals surface area contributed by atoms with E-state index >= 15 is 0 Å². The van der Waals surface area contributed by atoms with Crippen LogP contribution >= 0.6 is 0 Å². The second kappa shape index (κ2) is 8.21. The summed E-state index contributed by atoms with van der Waals surface area (Å²) >= 11 is 0. The minimum atomic E-state index is 0.0263. The highest BCUT2D eigenvalue weighted by atomic mass is 16.1. The predicted octanol–water partition coefficient (Wildman–Crippen LogP) is 3.08. The van der Waals surface area contributed by atoms with E-state index in [0.29, 0.717) is 5.82 Å². The SMILES string of the molecule is CCc1ccc(NC(=O)C2CCN(c3ccc(-n4cccn4)nn3)CC2)cc1. The summed E-state index contributed by atoms with van der Waals surface area (Å²) < 4.78 is 1.68. The molecule has 0 spiro atoms. The number of carbonyl (C=O) groups is 1. The van der Waals surface area contributed by atoms with E-state index in [4.69, 9.17) is 0 Å². The van der Waals surface area contributed by atoms with Gasteiger partial charge < -0.3 is 10.2 Å². The lowest BCUT2D eigenvalue weighted by atomic mass is 9.95. The Hall–Kier alpha value is -3.22. The van der Waals surface area contributed by atoms with E-state index in [1.54, 1.807) is 10.9 Å². The van der Waals surface area contributed by atoms with Gasteiger partial charge in [0.05, 0.1) is 0 Å². The standard InChI is InChI=1S/C21H24N6O/c1-2-16-4-6-18(7-5-16)23-21(28)17-10-14-26(15-11-17)19-8-9-20(25-24-19)27-13-3-12-22-27/h3-9,12-13,17H,2,10-11,14-15H2,1H3,(H,23,28). The monoisotopic (exact) mass is 376 g/mol. The first-order valence-corrected chi connectivity index (χ1v) is 9.71. The van der Waals surface area contributed by atoms with Crippen molar-refractivity contribution in [3.8, 4) is 5.82 Å². The zero-order valence-electron chi connectivity index (χ0n) is 16.0. The molecule has 0 aliphatic carbocycles. The summed E-state index contributed by atoms with van der Waals surface area (Å²) in [6.45, 7) is 3.71. The maximum atomic E-state index is 12.6. The first-order valence-electron chi connectivity index (χ1n) is 9.71. The van der Waals surface area contributed by atoms with E-state index in [1.807, 2.05) is 36.5 Å². The molecule has 2 aromatic heterocycles. The van der Waals surface area contributed by atoms with Crippen LogP contribution in [0.4, 0.5) is 11.5 Å². The van der Waals surface area contributed by atoms with Crippen LogP contribution in [0, 0.1) is 5.92 Å². The normalized spacial score (nSPS) is 14.8. The van der Waals surface area contributed by atoms with Crippen LogP contribution < -0.4 is 10.2 Å². The Morgan fingerprint density at radius 3 is 2.39 bits per heavy atom. The largest absolute Gasteiger partial charge is 0.355 e. The second-order valence-electron chi connectivity index (χ2n) is 7.00. The van der Waals surface area contributed by atoms with Gasteiger partial charge in [0.25, 0.3) is 0 Å². The molecular weight excluding hydrogens is 352 g/mol. The number of hydrogen-bond acceptors (Lipinski definition) is 5. The number of carbonyl (C=O) groups excluding carboxylic acids is 1. The van der Waals surface area contributed by atoms with Crippen LogP contribution in [0.1, 0.15) is 25.3 Å². The number of anilines is 2. The molecule has 7 heteroatoms. The summed E-state index contributed by atoms with van der Waals surface area (Å²) in [5.41, 5.74) is 2.13. The number of piperidine rings is 1. The lowest BCUT2D eigenvalue weighted by Crippen LogP contribution is -2.38. The number of aryl methyl sites for hydroxylation is 1. The molecule has 1 saturated heterocycles. The second-order valence-corrected chi connectivity index (χ2v) is 7.00. The molecule has 1 aromatic carbocycles. The van der Waals surface area contributed by atoms with Crippen molar-refractivity contribution in [3.63, 3.8) is 0 Å². The Bertz CT molecular complexity index is 897. The fourth-order valence-corrected chi connectivity index (χ4v) is 3.45. The lowest BCUT2D eigenvalue weighted by Gasteiger charge is -2.31. The smallest absolute Gasteiger partial charge is 0.227 e. The van der Waals surface area contributed by atoms with Crippen LogP contribution in [0.25, 0.3) is 5.82 Å². The number of nitrogens with one attached hydrogen (secondary N) is 1. The van der Waals surface area contributed by atoms with Gasteiger partial charge in [-0.25, -0.2) is 4.68 Å². The number of hydrogen-bond donors (Lipinski definition) is 1. The van der Waals surface area contributed by atoms with Crippen molar-refractivity contribution in [2.24, 2.45) is 5.92 Å². The van der Waals surface area contributed by atoms with Crippen molar-refractivity contribution in [3.05, 3.63) is 60.4 Å². The topological polar surface area (TPSA) is 75.9 Å². The van der Waals surface area contributed by atoms with Crippen molar-refractivity contribution in [2.75, 3.05) is 23.3 Å². The molecule has 144 valence electrons. The summed E-state index contributed by atoms with van der Waals surface area (Å²) in [7, 11) is 0. The van der Waals surface area contributed by atoms with Gasteiger partial charge in [0, 0.05) is 37.1 Å². The van der Waals surface area contributed by atoms with Crippen LogP contribution in [0.2, 0.25) is 0 Å². The molecule has 0 atom stereocenters. The molecule has 7 nitrogen and oxygen atoms in total. The molecule has 0 saturated carbocycles. The number of benzene rings is 1. The van der Waals surface area contributed by atoms with Gasteiger partial charge in [-0.1, -0.05) is 19.1 Å². The number of aromatic nitrogens is 4. The van der Waals surface area contributed by atoms with E-state index in [1.165, 1.54) is 5.56 Å². The molecule has 28 heavy (non-hydrogen) atoms. The first kappa shape index (κ1) is 18.2. The predicted molar refractivity (Wildman–Crippen MR) is 109 cm³/mol. The molecule has 0 radical (unpaired) electrons. The molecule has 1 N–H and O–H groups in total. The third kappa shape index (κ3) is 4.03. The Labute approximate surface area is 164 Å². The third-order valence-corrected chi connectivity index (χ3v) is 5.19. The van der Waals surface area contributed by atoms with Gasteiger partial charge in [0.1, 0.15) is 0 Å². The van der Waals surface area contributed by atoms with Gasteiger partial charge in [0.15, 0.2) is 11.6 Å². The highest BCUT2D eigenvalue weighted by Crippen LogP contribution is 2.23. The molecule has 1 aliphatic heterocycles. The molecule has 0 unspecified atom stereocenters. The zero-order chi connectivity index (χ0) is 19.3. The minimum absolute atomic E-state index is 0.0263. The van der Waals surface area contributed by atoms with Crippen LogP contribution in [0.3, 0.4) is 0 Å². The maximum Gasteiger partial charge on any atom is 0.227 e. The van der Waals surface area contributed by atoms with Crippen LogP contribution in [-0.2, 0) is 11.2 Å². The maximum absolute atomic E-state index is 12.6. The van der Waals surface area contributed by atoms with Crippen molar-refractivity contribution >= 4 is 17.4 Å². The first-order chi connectivity index (χ1) is 13.7. The van der Waals surface area contributed by atoms with Gasteiger partial charge in [-0.05, 0) is 55.2 Å². The summed E-state index contributed by atoms with van der Waals surface area (Å²) in [4.78, 5) is 14.8. The quantitative estimate of drug-likeness (QED) is 0.741. The zero-order valence-corrected chi connectivity index (χ0v) is 16.0. The number of rotatable bonds is 5. The molecule has 0 bridgehead atoms. The number of nitrogens with zero attached hydrogens (tertiary/aromatic N) is 5. The van der Waals surface area contributed by atoms with E-state index < -0.39 is 0 Å². The Balaban J connectivity index is 1.31. The number of amides is 1. The Morgan fingerprint density at radius 2 is 1.79 bits per heavy atom. The van der Waals surface area contributed by atoms with E-state index in [-0.39, 0.29) is 11.8 Å². The van der Waals surface area contributed by atoms with E-state index in [2.05, 4.69) is 44.6 Å². The Kier molecular flexibility index (Phi) is 5.32. The average Bonchev–Trinajstić information content (AvgIpc) is 3.29. The van der Waals surface area contributed by atoms with Crippen LogP contribution in [0.5, 0.6) is 0 Å². The third-order valence-electron chi connectivity index (χ3n) is 5.19. The molecule has 4 rings (SSSR count). The summed E-state index contributed by atoms with van der Waals surface area (Å²) in [6, 6.07) is 13.8. The van der Waals surface area contributed by atoms with Crippen molar-refractivity contribution in [1.29, 1.82) is 0 Å². The molecule has 1 amide bonds. The van der Waals surface area contributed by atoms with Gasteiger partial charge in [-0.2, -0.15) is 5.10 Å². The van der Waals surface area contributed by atoms with Gasteiger partial charge >= 0.3 is 0 Å². The van der Waals surface area contributed by atoms with Crippen LogP contribution in [-0.4, -0.2) is 39.0 Å². The molecule has 3 aromatic rings. The molecule has 1 fully saturated rings. The summed E-state index contributed by atoms with van der Waals surface area (Å²) in [6.07, 6.45) is 6.16. The van der Waals surface area contributed by atoms with Crippen molar-refractivity contribution in [2.45, 2.75) is 26.2 Å². The van der Waals surface area contributed by atoms with Gasteiger partial charge in [-0.3, -0.25) is 4.79 Å². The highest BCUT2D eigenvalue weighted by molar-refractivity contribution is 5.92. The van der Waals surface area contributed by atoms with E-state index in [9.17, 15) is 4.79 Å². The fourth-order valence-electron chi connectivity index (χ4n) is 3.45. The minimum Gasteiger partial charge on any atom is -0.355 e. The lowest BCUT2D eigenvalue weighted by molar-refractivity contribution is -0.120. The van der Waals surface area contributed by atoms with Crippen molar-refractivity contribution < 1.29 is 4.79 Å². The van der Waals surface area contributed by atoms with Gasteiger partial charge in [0.2, 0.25) is 5.91 Å². The van der Waals surface area contributed by atoms with Gasteiger partial charge in [-0.15, -0.1) is 10.2 Å².